The maximum Gasteiger partial charge on any atom is 0.410 e. The van der Waals surface area contributed by atoms with Crippen molar-refractivity contribution in [2.45, 2.75) is 24.7 Å². The molecule has 0 unspecified atom stereocenters. The molecule has 0 radical (unpaired) electrons. The molecule has 0 heterocycles. The molecule has 1 rings (SSSR count). The number of carbonyl (C=O) groups excluding carboxylic acids is 1. The second-order valence-electron chi connectivity index (χ2n) is 3.75. The van der Waals surface area contributed by atoms with Crippen LogP contribution < -0.4 is 16.2 Å². The molecule has 1 aromatic rings. The Labute approximate surface area is 111 Å². The molecule has 0 bridgehead atoms. The van der Waals surface area contributed by atoms with Crippen molar-refractivity contribution in [1.29, 1.82) is 0 Å². The zero-order valence-corrected chi connectivity index (χ0v) is 11.3. The molecular formula is C11H16N2O5S. The van der Waals surface area contributed by atoms with Gasteiger partial charge in [-0.05, 0) is 24.6 Å². The number of unbranched alkanes of at least 4 members (excludes halogenated alkanes) is 1. The molecule has 0 saturated carbocycles. The minimum atomic E-state index is -3.85. The minimum absolute atomic E-state index is 0.00000758. The monoisotopic (exact) mass is 288 g/mol. The summed E-state index contributed by atoms with van der Waals surface area (Å²) in [5.74, 6) is 0.00000758. The van der Waals surface area contributed by atoms with Crippen LogP contribution in [0.2, 0.25) is 0 Å². The van der Waals surface area contributed by atoms with Crippen LogP contribution in [-0.4, -0.2) is 21.1 Å². The average Bonchev–Trinajstić information content (AvgIpc) is 2.31. The predicted molar refractivity (Wildman–Crippen MR) is 69.1 cm³/mol. The van der Waals surface area contributed by atoms with Crippen LogP contribution in [0.5, 0.6) is 5.75 Å². The summed E-state index contributed by atoms with van der Waals surface area (Å²) in [5, 5.41) is 0. The molecule has 4 N–H and O–H groups in total. The SMILES string of the molecule is CCCCOS(=O)(=O)c1ccc(OC(N)=O)c(N)c1. The van der Waals surface area contributed by atoms with Crippen LogP contribution in [-0.2, 0) is 14.3 Å². The average molecular weight is 288 g/mol. The Morgan fingerprint density at radius 1 is 1.37 bits per heavy atom. The first-order chi connectivity index (χ1) is 8.86. The van der Waals surface area contributed by atoms with E-state index in [1.165, 1.54) is 12.1 Å². The number of hydrogen-bond donors (Lipinski definition) is 2. The zero-order chi connectivity index (χ0) is 14.5. The first-order valence-electron chi connectivity index (χ1n) is 5.63. The number of anilines is 1. The van der Waals surface area contributed by atoms with Gasteiger partial charge in [-0.15, -0.1) is 0 Å². The molecular weight excluding hydrogens is 272 g/mol. The molecule has 0 aromatic heterocycles. The van der Waals surface area contributed by atoms with Crippen molar-refractivity contribution in [2.75, 3.05) is 12.3 Å². The van der Waals surface area contributed by atoms with Crippen LogP contribution in [0.25, 0.3) is 0 Å². The molecule has 7 nitrogen and oxygen atoms in total. The highest BCUT2D eigenvalue weighted by atomic mass is 32.2. The lowest BCUT2D eigenvalue weighted by atomic mass is 10.3. The van der Waals surface area contributed by atoms with E-state index in [1.54, 1.807) is 0 Å². The second-order valence-corrected chi connectivity index (χ2v) is 5.37. The third-order valence-electron chi connectivity index (χ3n) is 2.22. The Bertz CT molecular complexity index is 556. The van der Waals surface area contributed by atoms with E-state index in [2.05, 4.69) is 4.74 Å². The van der Waals surface area contributed by atoms with E-state index in [1.807, 2.05) is 6.92 Å². The molecule has 0 atom stereocenters. The summed E-state index contributed by atoms with van der Waals surface area (Å²) in [6.45, 7) is 2.03. The fourth-order valence-electron chi connectivity index (χ4n) is 1.26. The first kappa shape index (κ1) is 15.3. The van der Waals surface area contributed by atoms with Crippen LogP contribution in [0, 0.1) is 0 Å². The fraction of sp³-hybridized carbons (Fsp3) is 0.364. The highest BCUT2D eigenvalue weighted by molar-refractivity contribution is 7.86. The molecule has 0 spiro atoms. The Balaban J connectivity index is 2.90. The molecule has 0 aliphatic heterocycles. The number of ether oxygens (including phenoxy) is 1. The summed E-state index contributed by atoms with van der Waals surface area (Å²) in [6.07, 6.45) is 0.433. The van der Waals surface area contributed by atoms with Gasteiger partial charge in [-0.1, -0.05) is 13.3 Å². The van der Waals surface area contributed by atoms with Crippen molar-refractivity contribution in [2.24, 2.45) is 5.73 Å². The maximum atomic E-state index is 11.8. The van der Waals surface area contributed by atoms with Gasteiger partial charge < -0.3 is 16.2 Å². The topological polar surface area (TPSA) is 122 Å². The molecule has 8 heteroatoms. The number of rotatable bonds is 6. The summed E-state index contributed by atoms with van der Waals surface area (Å²) >= 11 is 0. The molecule has 0 saturated heterocycles. The van der Waals surface area contributed by atoms with E-state index >= 15 is 0 Å². The standard InChI is InChI=1S/C11H16N2O5S/c1-2-3-6-17-19(15,16)8-4-5-10(9(12)7-8)18-11(13)14/h4-5,7H,2-3,6,12H2,1H3,(H2,13,14). The van der Waals surface area contributed by atoms with Gasteiger partial charge in [0.1, 0.15) is 0 Å². The third-order valence-corrected chi connectivity index (χ3v) is 3.53. The normalized spacial score (nSPS) is 11.2. The molecule has 0 aliphatic carbocycles. The van der Waals surface area contributed by atoms with Gasteiger partial charge in [0.05, 0.1) is 17.2 Å². The highest BCUT2D eigenvalue weighted by Crippen LogP contribution is 2.25. The van der Waals surface area contributed by atoms with Crippen LogP contribution in [0.3, 0.4) is 0 Å². The number of nitrogen functional groups attached to an aromatic ring is 1. The Hall–Kier alpha value is -1.80. The lowest BCUT2D eigenvalue weighted by molar-refractivity contribution is 0.211. The summed E-state index contributed by atoms with van der Waals surface area (Å²) in [5.41, 5.74) is 10.4. The molecule has 0 aliphatic rings. The summed E-state index contributed by atoms with van der Waals surface area (Å²) in [7, 11) is -3.85. The van der Waals surface area contributed by atoms with Crippen molar-refractivity contribution >= 4 is 21.9 Å². The molecule has 0 fully saturated rings. The molecule has 19 heavy (non-hydrogen) atoms. The largest absolute Gasteiger partial charge is 0.410 e. The maximum absolute atomic E-state index is 11.8. The van der Waals surface area contributed by atoms with E-state index in [-0.39, 0.29) is 22.9 Å². The molecule has 106 valence electrons. The summed E-state index contributed by atoms with van der Waals surface area (Å²) in [6, 6.07) is 3.63. The predicted octanol–water partition coefficient (Wildman–Crippen LogP) is 1.23. The van der Waals surface area contributed by atoms with Crippen LogP contribution in [0.4, 0.5) is 10.5 Å². The highest BCUT2D eigenvalue weighted by Gasteiger charge is 2.17. The van der Waals surface area contributed by atoms with Gasteiger partial charge in [0.25, 0.3) is 10.1 Å². The Kier molecular flexibility index (Phi) is 5.13. The van der Waals surface area contributed by atoms with Gasteiger partial charge in [0.15, 0.2) is 5.75 Å². The number of hydrogen-bond acceptors (Lipinski definition) is 6. The second kappa shape index (κ2) is 6.39. The quantitative estimate of drug-likeness (QED) is 0.461. The van der Waals surface area contributed by atoms with Gasteiger partial charge in [0.2, 0.25) is 0 Å². The van der Waals surface area contributed by atoms with E-state index in [9.17, 15) is 13.2 Å². The van der Waals surface area contributed by atoms with Crippen molar-refractivity contribution in [3.8, 4) is 5.75 Å². The Morgan fingerprint density at radius 2 is 2.05 bits per heavy atom. The molecule has 1 amide bonds. The van der Waals surface area contributed by atoms with E-state index in [4.69, 9.17) is 15.7 Å². The van der Waals surface area contributed by atoms with Gasteiger partial charge in [-0.2, -0.15) is 8.42 Å². The number of primary amides is 1. The number of benzene rings is 1. The number of carbonyl (C=O) groups is 1. The van der Waals surface area contributed by atoms with Crippen molar-refractivity contribution in [3.05, 3.63) is 18.2 Å². The van der Waals surface area contributed by atoms with E-state index in [0.717, 1.165) is 12.5 Å². The van der Waals surface area contributed by atoms with Gasteiger partial charge >= 0.3 is 6.09 Å². The van der Waals surface area contributed by atoms with Crippen LogP contribution >= 0.6 is 0 Å². The summed E-state index contributed by atoms with van der Waals surface area (Å²) < 4.78 is 33.0. The van der Waals surface area contributed by atoms with Gasteiger partial charge in [0, 0.05) is 0 Å². The first-order valence-corrected chi connectivity index (χ1v) is 7.04. The fourth-order valence-corrected chi connectivity index (χ4v) is 2.24. The van der Waals surface area contributed by atoms with Crippen LogP contribution in [0.15, 0.2) is 23.1 Å². The molecule has 1 aromatic carbocycles. The van der Waals surface area contributed by atoms with Crippen molar-refractivity contribution < 1.29 is 22.1 Å². The lowest BCUT2D eigenvalue weighted by Gasteiger charge is -2.08. The van der Waals surface area contributed by atoms with Crippen molar-refractivity contribution in [1.82, 2.24) is 0 Å². The Morgan fingerprint density at radius 3 is 2.58 bits per heavy atom. The minimum Gasteiger partial charge on any atom is -0.408 e. The van der Waals surface area contributed by atoms with Gasteiger partial charge in [-0.3, -0.25) is 4.18 Å². The van der Waals surface area contributed by atoms with E-state index < -0.39 is 16.2 Å². The third kappa shape index (κ3) is 4.42. The lowest BCUT2D eigenvalue weighted by Crippen LogP contribution is -2.17. The number of nitrogens with two attached hydrogens (primary N) is 2. The van der Waals surface area contributed by atoms with Crippen molar-refractivity contribution in [3.63, 3.8) is 0 Å². The van der Waals surface area contributed by atoms with Crippen LogP contribution in [0.1, 0.15) is 19.8 Å². The number of amides is 1. The van der Waals surface area contributed by atoms with E-state index in [0.29, 0.717) is 6.42 Å². The summed E-state index contributed by atoms with van der Waals surface area (Å²) in [4.78, 5) is 10.5. The zero-order valence-electron chi connectivity index (χ0n) is 10.5. The van der Waals surface area contributed by atoms with Gasteiger partial charge in [-0.25, -0.2) is 4.79 Å². The smallest absolute Gasteiger partial charge is 0.408 e.